The van der Waals surface area contributed by atoms with Crippen molar-refractivity contribution in [3.05, 3.63) is 52.3 Å². The van der Waals surface area contributed by atoms with Gasteiger partial charge >= 0.3 is 0 Å². The maximum atomic E-state index is 4.61. The topological polar surface area (TPSA) is 29.9 Å². The number of nitrogens with one attached hydrogen (secondary N) is 1. The molecule has 0 radical (unpaired) electrons. The van der Waals surface area contributed by atoms with Crippen LogP contribution in [0.5, 0.6) is 0 Å². The number of hydrogen-bond acceptors (Lipinski definition) is 2. The highest BCUT2D eigenvalue weighted by Crippen LogP contribution is 2.17. The van der Waals surface area contributed by atoms with Crippen molar-refractivity contribution in [2.75, 3.05) is 0 Å². The molecule has 2 atom stereocenters. The zero-order chi connectivity index (χ0) is 14.5. The monoisotopic (exact) mass is 335 g/mol. The molecule has 108 valence electrons. The van der Waals surface area contributed by atoms with E-state index in [1.54, 1.807) is 0 Å². The van der Waals surface area contributed by atoms with Gasteiger partial charge in [-0.25, -0.2) is 0 Å². The van der Waals surface area contributed by atoms with Gasteiger partial charge in [0, 0.05) is 29.3 Å². The fourth-order valence-corrected chi connectivity index (χ4v) is 2.30. The van der Waals surface area contributed by atoms with Crippen LogP contribution < -0.4 is 5.32 Å². The molecule has 0 saturated heterocycles. The van der Waals surface area contributed by atoms with Crippen LogP contribution >= 0.6 is 15.9 Å². The third-order valence-corrected chi connectivity index (χ3v) is 4.19. The first-order valence-electron chi connectivity index (χ1n) is 7.13. The van der Waals surface area contributed by atoms with Gasteiger partial charge in [0.05, 0.1) is 5.69 Å². The molecule has 0 aliphatic carbocycles. The Bertz CT molecular complexity index is 533. The van der Waals surface area contributed by atoms with E-state index in [-0.39, 0.29) is 0 Å². The van der Waals surface area contributed by atoms with Crippen molar-refractivity contribution in [1.82, 2.24) is 15.1 Å². The summed E-state index contributed by atoms with van der Waals surface area (Å²) < 4.78 is 3.15. The highest BCUT2D eigenvalue weighted by Gasteiger charge is 2.07. The standard InChI is InChI=1S/C16H22BrN3/c1-4-12(2)20-10-9-16(19-20)11-18-13(3)14-5-7-15(17)8-6-14/h5-10,12-13,18H,4,11H2,1-3H3/t12?,13-/m1/s1. The van der Waals surface area contributed by atoms with E-state index in [0.29, 0.717) is 12.1 Å². The molecule has 0 bridgehead atoms. The smallest absolute Gasteiger partial charge is 0.0762 e. The lowest BCUT2D eigenvalue weighted by atomic mass is 10.1. The summed E-state index contributed by atoms with van der Waals surface area (Å²) >= 11 is 3.46. The molecule has 1 unspecified atom stereocenters. The number of halogens is 1. The number of nitrogens with zero attached hydrogens (tertiary/aromatic N) is 2. The van der Waals surface area contributed by atoms with Crippen LogP contribution in [0.2, 0.25) is 0 Å². The van der Waals surface area contributed by atoms with Crippen molar-refractivity contribution < 1.29 is 0 Å². The molecule has 2 aromatic rings. The van der Waals surface area contributed by atoms with E-state index in [2.05, 4.69) is 83.6 Å². The van der Waals surface area contributed by atoms with Crippen molar-refractivity contribution in [1.29, 1.82) is 0 Å². The summed E-state index contributed by atoms with van der Waals surface area (Å²) in [4.78, 5) is 0. The minimum Gasteiger partial charge on any atom is -0.304 e. The van der Waals surface area contributed by atoms with Gasteiger partial charge in [-0.1, -0.05) is 35.0 Å². The molecule has 0 saturated carbocycles. The first-order chi connectivity index (χ1) is 9.60. The number of benzene rings is 1. The number of rotatable bonds is 6. The van der Waals surface area contributed by atoms with Gasteiger partial charge in [-0.15, -0.1) is 0 Å². The molecule has 1 aromatic heterocycles. The molecule has 0 aliphatic heterocycles. The van der Waals surface area contributed by atoms with Gasteiger partial charge in [-0.3, -0.25) is 4.68 Å². The first kappa shape index (κ1) is 15.3. The Kier molecular flexibility index (Phi) is 5.38. The number of aromatic nitrogens is 2. The van der Waals surface area contributed by atoms with Crippen LogP contribution in [0.3, 0.4) is 0 Å². The lowest BCUT2D eigenvalue weighted by Gasteiger charge is -2.13. The average molecular weight is 336 g/mol. The van der Waals surface area contributed by atoms with Crippen LogP contribution in [0, 0.1) is 0 Å². The van der Waals surface area contributed by atoms with Gasteiger partial charge in [0.1, 0.15) is 0 Å². The fourth-order valence-electron chi connectivity index (χ4n) is 2.03. The SMILES string of the molecule is CCC(C)n1ccc(CN[C@H](C)c2ccc(Br)cc2)n1. The van der Waals surface area contributed by atoms with Gasteiger partial charge in [-0.05, 0) is 44.0 Å². The van der Waals surface area contributed by atoms with Crippen molar-refractivity contribution in [2.45, 2.75) is 45.8 Å². The van der Waals surface area contributed by atoms with E-state index in [0.717, 1.165) is 23.1 Å². The van der Waals surface area contributed by atoms with E-state index in [1.165, 1.54) is 5.56 Å². The highest BCUT2D eigenvalue weighted by molar-refractivity contribution is 9.10. The molecule has 3 nitrogen and oxygen atoms in total. The molecule has 1 aromatic carbocycles. The van der Waals surface area contributed by atoms with Gasteiger partial charge in [0.2, 0.25) is 0 Å². The zero-order valence-electron chi connectivity index (χ0n) is 12.3. The van der Waals surface area contributed by atoms with Gasteiger partial charge in [0.15, 0.2) is 0 Å². The molecule has 0 aliphatic rings. The molecule has 0 amide bonds. The van der Waals surface area contributed by atoms with Gasteiger partial charge < -0.3 is 5.32 Å². The lowest BCUT2D eigenvalue weighted by molar-refractivity contribution is 0.468. The summed E-state index contributed by atoms with van der Waals surface area (Å²) in [7, 11) is 0. The summed E-state index contributed by atoms with van der Waals surface area (Å²) in [6, 6.07) is 11.3. The van der Waals surface area contributed by atoms with Crippen molar-refractivity contribution in [2.24, 2.45) is 0 Å². The lowest BCUT2D eigenvalue weighted by Crippen LogP contribution is -2.18. The second-order valence-corrected chi connectivity index (χ2v) is 6.11. The zero-order valence-corrected chi connectivity index (χ0v) is 13.9. The second-order valence-electron chi connectivity index (χ2n) is 5.20. The van der Waals surface area contributed by atoms with Gasteiger partial charge in [-0.2, -0.15) is 5.10 Å². The molecule has 0 spiro atoms. The Morgan fingerprint density at radius 3 is 2.55 bits per heavy atom. The molecular formula is C16H22BrN3. The molecule has 2 rings (SSSR count). The Morgan fingerprint density at radius 2 is 1.90 bits per heavy atom. The summed E-state index contributed by atoms with van der Waals surface area (Å²) in [5.41, 5.74) is 2.38. The van der Waals surface area contributed by atoms with Crippen molar-refractivity contribution in [3.8, 4) is 0 Å². The van der Waals surface area contributed by atoms with E-state index >= 15 is 0 Å². The molecule has 1 N–H and O–H groups in total. The Labute approximate surface area is 129 Å². The van der Waals surface area contributed by atoms with Crippen LogP contribution in [0.15, 0.2) is 41.0 Å². The normalized spacial score (nSPS) is 14.2. The van der Waals surface area contributed by atoms with Crippen molar-refractivity contribution in [3.63, 3.8) is 0 Å². The minimum atomic E-state index is 0.317. The van der Waals surface area contributed by atoms with E-state index < -0.39 is 0 Å². The van der Waals surface area contributed by atoms with Crippen molar-refractivity contribution >= 4 is 15.9 Å². The summed E-state index contributed by atoms with van der Waals surface area (Å²) in [6.45, 7) is 7.34. The van der Waals surface area contributed by atoms with Crippen LogP contribution in [0.4, 0.5) is 0 Å². The Hall–Kier alpha value is -1.13. The number of hydrogen-bond donors (Lipinski definition) is 1. The maximum absolute atomic E-state index is 4.61. The second kappa shape index (κ2) is 7.04. The summed E-state index contributed by atoms with van der Waals surface area (Å²) in [6.07, 6.45) is 3.17. The fraction of sp³-hybridized carbons (Fsp3) is 0.438. The van der Waals surface area contributed by atoms with E-state index in [4.69, 9.17) is 0 Å². The van der Waals surface area contributed by atoms with Crippen LogP contribution in [0.25, 0.3) is 0 Å². The Morgan fingerprint density at radius 1 is 1.20 bits per heavy atom. The summed E-state index contributed by atoms with van der Waals surface area (Å²) in [5.74, 6) is 0. The molecule has 1 heterocycles. The summed E-state index contributed by atoms with van der Waals surface area (Å²) in [5, 5.41) is 8.12. The highest BCUT2D eigenvalue weighted by atomic mass is 79.9. The maximum Gasteiger partial charge on any atom is 0.0762 e. The predicted molar refractivity (Wildman–Crippen MR) is 86.6 cm³/mol. The third-order valence-electron chi connectivity index (χ3n) is 3.67. The molecule has 20 heavy (non-hydrogen) atoms. The predicted octanol–water partition coefficient (Wildman–Crippen LogP) is 4.47. The van der Waals surface area contributed by atoms with Gasteiger partial charge in [0.25, 0.3) is 0 Å². The average Bonchev–Trinajstić information content (AvgIpc) is 2.93. The van der Waals surface area contributed by atoms with Crippen LogP contribution in [0.1, 0.15) is 50.5 Å². The quantitative estimate of drug-likeness (QED) is 0.844. The van der Waals surface area contributed by atoms with E-state index in [1.807, 2.05) is 4.68 Å². The molecule has 4 heteroatoms. The molecule has 0 fully saturated rings. The molecular weight excluding hydrogens is 314 g/mol. The minimum absolute atomic E-state index is 0.317. The largest absolute Gasteiger partial charge is 0.304 e. The van der Waals surface area contributed by atoms with Crippen LogP contribution in [-0.4, -0.2) is 9.78 Å². The third kappa shape index (κ3) is 3.93. The van der Waals surface area contributed by atoms with Crippen LogP contribution in [-0.2, 0) is 6.54 Å². The first-order valence-corrected chi connectivity index (χ1v) is 7.92. The van der Waals surface area contributed by atoms with E-state index in [9.17, 15) is 0 Å². The Balaban J connectivity index is 1.91.